The molecule has 0 radical (unpaired) electrons. The van der Waals surface area contributed by atoms with Gasteiger partial charge in [-0.2, -0.15) is 0 Å². The van der Waals surface area contributed by atoms with Crippen LogP contribution in [0.25, 0.3) is 0 Å². The van der Waals surface area contributed by atoms with E-state index < -0.39 is 5.60 Å². The van der Waals surface area contributed by atoms with Gasteiger partial charge in [-0.1, -0.05) is 48.5 Å². The highest BCUT2D eigenvalue weighted by Gasteiger charge is 2.55. The Bertz CT molecular complexity index is 1420. The second-order valence-corrected chi connectivity index (χ2v) is 12.9. The molecule has 1 aliphatic carbocycles. The molecule has 1 N–H and O–H groups in total. The molecule has 0 bridgehead atoms. The molecule has 2 amide bonds. The van der Waals surface area contributed by atoms with Crippen LogP contribution in [0.2, 0.25) is 0 Å². The van der Waals surface area contributed by atoms with E-state index in [0.717, 1.165) is 12.8 Å². The smallest absolute Gasteiger partial charge is 0.410 e. The van der Waals surface area contributed by atoms with Crippen LogP contribution < -0.4 is 4.74 Å². The molecular formula is C34H38N2O5. The molecule has 2 fully saturated rings. The monoisotopic (exact) mass is 554 g/mol. The van der Waals surface area contributed by atoms with Gasteiger partial charge in [0.2, 0.25) is 0 Å². The zero-order valence-corrected chi connectivity index (χ0v) is 24.0. The molecule has 1 spiro atoms. The number of ether oxygens (including phenoxy) is 2. The summed E-state index contributed by atoms with van der Waals surface area (Å²) in [4.78, 5) is 28.5. The summed E-state index contributed by atoms with van der Waals surface area (Å²) in [6, 6.07) is 24.4. The van der Waals surface area contributed by atoms with Gasteiger partial charge in [0.25, 0.3) is 5.91 Å². The highest BCUT2D eigenvalue weighted by Crippen LogP contribution is 2.47. The van der Waals surface area contributed by atoms with Gasteiger partial charge in [0.15, 0.2) is 6.61 Å². The predicted octanol–water partition coefficient (Wildman–Crippen LogP) is 5.71. The first-order valence-corrected chi connectivity index (χ1v) is 14.4. The molecule has 3 aromatic rings. The SMILES string of the molecule is CC(C)(C)OC(=O)N1CC2(CN(C(=O)COc3ccc([C@@H]4c5ccc(O)cc5CC[C@@H]4c4ccccc4)cc3)C2)C1. The lowest BCUT2D eigenvalue weighted by molar-refractivity contribution is -0.158. The van der Waals surface area contributed by atoms with Crippen LogP contribution in [-0.2, 0) is 16.0 Å². The maximum absolute atomic E-state index is 12.8. The molecule has 2 saturated heterocycles. The molecule has 214 valence electrons. The lowest BCUT2D eigenvalue weighted by Crippen LogP contribution is -2.74. The minimum absolute atomic E-state index is 0.00339. The van der Waals surface area contributed by atoms with Gasteiger partial charge >= 0.3 is 6.09 Å². The number of fused-ring (bicyclic) bond motifs is 1. The summed E-state index contributed by atoms with van der Waals surface area (Å²) in [5.74, 6) is 1.42. The number of phenols is 1. The fourth-order valence-corrected chi connectivity index (χ4v) is 6.64. The first kappa shape index (κ1) is 27.2. The van der Waals surface area contributed by atoms with Crippen LogP contribution in [0.15, 0.2) is 72.8 Å². The molecule has 7 nitrogen and oxygen atoms in total. The second kappa shape index (κ2) is 10.4. The zero-order chi connectivity index (χ0) is 28.8. The molecule has 41 heavy (non-hydrogen) atoms. The number of rotatable bonds is 5. The Hall–Kier alpha value is -4.00. The minimum Gasteiger partial charge on any atom is -0.508 e. The topological polar surface area (TPSA) is 79.3 Å². The summed E-state index contributed by atoms with van der Waals surface area (Å²) >= 11 is 0. The number of phenolic OH excluding ortho intramolecular Hbond substituents is 1. The van der Waals surface area contributed by atoms with E-state index in [0.29, 0.717) is 43.6 Å². The Morgan fingerprint density at radius 2 is 1.59 bits per heavy atom. The van der Waals surface area contributed by atoms with Crippen LogP contribution in [-0.4, -0.2) is 65.3 Å². The van der Waals surface area contributed by atoms with Gasteiger partial charge in [-0.05, 0) is 86.1 Å². The highest BCUT2D eigenvalue weighted by molar-refractivity contribution is 5.79. The summed E-state index contributed by atoms with van der Waals surface area (Å²) < 4.78 is 11.3. The fraction of sp³-hybridized carbons (Fsp3) is 0.412. The third-order valence-corrected chi connectivity index (χ3v) is 8.53. The highest BCUT2D eigenvalue weighted by atomic mass is 16.6. The summed E-state index contributed by atoms with van der Waals surface area (Å²) in [6.07, 6.45) is 1.65. The number of aromatic hydroxyl groups is 1. The van der Waals surface area contributed by atoms with Gasteiger partial charge in [-0.25, -0.2) is 4.79 Å². The lowest BCUT2D eigenvalue weighted by Gasteiger charge is -2.59. The Labute approximate surface area is 241 Å². The van der Waals surface area contributed by atoms with Gasteiger partial charge in [0, 0.05) is 37.5 Å². The van der Waals surface area contributed by atoms with Crippen LogP contribution in [0.5, 0.6) is 11.5 Å². The zero-order valence-electron chi connectivity index (χ0n) is 24.0. The summed E-state index contributed by atoms with van der Waals surface area (Å²) in [6.45, 7) is 8.12. The number of likely N-dealkylation sites (tertiary alicyclic amines) is 2. The van der Waals surface area contributed by atoms with Crippen LogP contribution in [0.4, 0.5) is 4.79 Å². The number of carbonyl (C=O) groups is 2. The Kier molecular flexibility index (Phi) is 6.92. The van der Waals surface area contributed by atoms with E-state index in [4.69, 9.17) is 9.47 Å². The third-order valence-electron chi connectivity index (χ3n) is 8.53. The molecule has 2 aliphatic heterocycles. The number of benzene rings is 3. The number of carbonyl (C=O) groups excluding carboxylic acids is 2. The van der Waals surface area contributed by atoms with E-state index in [1.165, 1.54) is 22.3 Å². The first-order chi connectivity index (χ1) is 19.6. The maximum atomic E-state index is 12.8. The van der Waals surface area contributed by atoms with Crippen molar-refractivity contribution in [1.82, 2.24) is 9.80 Å². The van der Waals surface area contributed by atoms with Gasteiger partial charge in [0.1, 0.15) is 17.1 Å². The van der Waals surface area contributed by atoms with Crippen molar-refractivity contribution in [1.29, 1.82) is 0 Å². The fourth-order valence-electron chi connectivity index (χ4n) is 6.64. The molecule has 0 saturated carbocycles. The number of nitrogens with zero attached hydrogens (tertiary/aromatic N) is 2. The molecule has 2 heterocycles. The largest absolute Gasteiger partial charge is 0.508 e. The molecule has 0 unspecified atom stereocenters. The normalized spacial score (nSPS) is 21.0. The van der Waals surface area contributed by atoms with E-state index in [2.05, 4.69) is 42.5 Å². The average molecular weight is 555 g/mol. The van der Waals surface area contributed by atoms with E-state index >= 15 is 0 Å². The average Bonchev–Trinajstić information content (AvgIpc) is 2.89. The van der Waals surface area contributed by atoms with E-state index in [-0.39, 0.29) is 29.9 Å². The van der Waals surface area contributed by atoms with Crippen molar-refractivity contribution < 1.29 is 24.2 Å². The quantitative estimate of drug-likeness (QED) is 0.437. The molecule has 3 aromatic carbocycles. The van der Waals surface area contributed by atoms with Gasteiger partial charge in [0.05, 0.1) is 0 Å². The van der Waals surface area contributed by atoms with Crippen molar-refractivity contribution in [3.8, 4) is 11.5 Å². The van der Waals surface area contributed by atoms with Gasteiger partial charge in [-0.15, -0.1) is 0 Å². The molecule has 6 rings (SSSR count). The Morgan fingerprint density at radius 1 is 0.902 bits per heavy atom. The maximum Gasteiger partial charge on any atom is 0.410 e. The number of hydrogen-bond acceptors (Lipinski definition) is 5. The third kappa shape index (κ3) is 5.63. The summed E-state index contributed by atoms with van der Waals surface area (Å²) in [5.41, 5.74) is 4.44. The summed E-state index contributed by atoms with van der Waals surface area (Å²) in [7, 11) is 0. The predicted molar refractivity (Wildman–Crippen MR) is 156 cm³/mol. The number of hydrogen-bond donors (Lipinski definition) is 1. The van der Waals surface area contributed by atoms with E-state index in [1.807, 2.05) is 45.0 Å². The van der Waals surface area contributed by atoms with Crippen molar-refractivity contribution in [2.24, 2.45) is 5.41 Å². The molecule has 0 aromatic heterocycles. The van der Waals surface area contributed by atoms with E-state index in [9.17, 15) is 14.7 Å². The number of aryl methyl sites for hydroxylation is 1. The van der Waals surface area contributed by atoms with E-state index in [1.54, 1.807) is 15.9 Å². The van der Waals surface area contributed by atoms with Crippen molar-refractivity contribution in [2.45, 2.75) is 51.0 Å². The standard InChI is InChI=1S/C34H38N2O5/c1-33(2,3)41-32(39)36-21-34(22-36)19-35(20-34)30(38)18-40-27-13-9-24(10-14-27)31-28(23-7-5-4-6-8-23)15-11-25-17-26(37)12-16-29(25)31/h4-10,12-14,16-17,28,31,37H,11,15,18-22H2,1-3H3/t28-,31+/m1/s1. The summed E-state index contributed by atoms with van der Waals surface area (Å²) in [5, 5.41) is 10.1. The molecule has 7 heteroatoms. The van der Waals surface area contributed by atoms with Crippen molar-refractivity contribution >= 4 is 12.0 Å². The Morgan fingerprint density at radius 3 is 2.27 bits per heavy atom. The van der Waals surface area contributed by atoms with Crippen molar-refractivity contribution in [2.75, 3.05) is 32.8 Å². The molecule has 3 aliphatic rings. The van der Waals surface area contributed by atoms with Gasteiger partial charge in [-0.3, -0.25) is 4.79 Å². The van der Waals surface area contributed by atoms with Crippen LogP contribution in [0.3, 0.4) is 0 Å². The van der Waals surface area contributed by atoms with Crippen LogP contribution in [0, 0.1) is 5.41 Å². The molecule has 2 atom stereocenters. The lowest BCUT2D eigenvalue weighted by atomic mass is 9.69. The second-order valence-electron chi connectivity index (χ2n) is 12.9. The van der Waals surface area contributed by atoms with Crippen molar-refractivity contribution in [3.63, 3.8) is 0 Å². The van der Waals surface area contributed by atoms with Crippen molar-refractivity contribution in [3.05, 3.63) is 95.1 Å². The van der Waals surface area contributed by atoms with Crippen LogP contribution >= 0.6 is 0 Å². The first-order valence-electron chi connectivity index (χ1n) is 14.4. The minimum atomic E-state index is -0.508. The Balaban J connectivity index is 1.06. The number of amides is 2. The molecular weight excluding hydrogens is 516 g/mol. The van der Waals surface area contributed by atoms with Gasteiger partial charge < -0.3 is 24.4 Å². The van der Waals surface area contributed by atoms with Crippen LogP contribution in [0.1, 0.15) is 61.3 Å².